The number of nitriles is 2. The first-order chi connectivity index (χ1) is 8.74. The average molecular weight is 257 g/mol. The van der Waals surface area contributed by atoms with E-state index in [0.717, 1.165) is 4.88 Å². The first kappa shape index (κ1) is 12.1. The molecule has 0 bridgehead atoms. The third-order valence-corrected chi connectivity index (χ3v) is 3.30. The number of halogens is 1. The van der Waals surface area contributed by atoms with E-state index in [2.05, 4.69) is 5.32 Å². The van der Waals surface area contributed by atoms with Gasteiger partial charge >= 0.3 is 0 Å². The molecule has 0 saturated carbocycles. The molecule has 5 heteroatoms. The molecule has 2 rings (SSSR count). The average Bonchev–Trinajstić information content (AvgIpc) is 2.84. The molecule has 0 aliphatic rings. The Morgan fingerprint density at radius 2 is 2.11 bits per heavy atom. The number of nitrogens with one attached hydrogen (secondary N) is 1. The lowest BCUT2D eigenvalue weighted by Crippen LogP contribution is -2.01. The van der Waals surface area contributed by atoms with Crippen molar-refractivity contribution >= 4 is 17.0 Å². The smallest absolute Gasteiger partial charge is 0.143 e. The van der Waals surface area contributed by atoms with Gasteiger partial charge in [0.2, 0.25) is 0 Å². The van der Waals surface area contributed by atoms with E-state index >= 15 is 0 Å². The van der Waals surface area contributed by atoms with Gasteiger partial charge in [-0.05, 0) is 18.2 Å². The second-order valence-electron chi connectivity index (χ2n) is 3.54. The summed E-state index contributed by atoms with van der Waals surface area (Å²) in [5.74, 6) is -0.536. The van der Waals surface area contributed by atoms with Crippen LogP contribution in [0, 0.1) is 28.5 Å². The van der Waals surface area contributed by atoms with Crippen molar-refractivity contribution in [2.75, 3.05) is 5.32 Å². The quantitative estimate of drug-likeness (QED) is 0.918. The fraction of sp³-hybridized carbons (Fsp3) is 0.0769. The number of hydrogen-bond acceptors (Lipinski definition) is 4. The van der Waals surface area contributed by atoms with Gasteiger partial charge < -0.3 is 5.32 Å². The van der Waals surface area contributed by atoms with Gasteiger partial charge in [-0.3, -0.25) is 0 Å². The van der Waals surface area contributed by atoms with Crippen LogP contribution in [0.4, 0.5) is 10.1 Å². The zero-order valence-corrected chi connectivity index (χ0v) is 10.1. The molecule has 0 radical (unpaired) electrons. The lowest BCUT2D eigenvalue weighted by atomic mass is 10.2. The number of hydrogen-bond donors (Lipinski definition) is 1. The topological polar surface area (TPSA) is 59.6 Å². The minimum absolute atomic E-state index is 0.00885. The third-order valence-electron chi connectivity index (χ3n) is 2.36. The summed E-state index contributed by atoms with van der Waals surface area (Å²) in [5.41, 5.74) is 1.08. The SMILES string of the molecule is N#Cc1csc(CNc2cccc(F)c2C#N)c1. The molecule has 3 nitrogen and oxygen atoms in total. The van der Waals surface area contributed by atoms with Crippen LogP contribution in [0.2, 0.25) is 0 Å². The van der Waals surface area contributed by atoms with E-state index in [1.807, 2.05) is 12.1 Å². The van der Waals surface area contributed by atoms with Crippen molar-refractivity contribution in [3.63, 3.8) is 0 Å². The highest BCUT2D eigenvalue weighted by atomic mass is 32.1. The van der Waals surface area contributed by atoms with Crippen molar-refractivity contribution in [1.29, 1.82) is 10.5 Å². The van der Waals surface area contributed by atoms with Gasteiger partial charge in [0.15, 0.2) is 0 Å². The Kier molecular flexibility index (Phi) is 3.57. The summed E-state index contributed by atoms with van der Waals surface area (Å²) in [5, 5.41) is 22.3. The molecule has 1 aromatic heterocycles. The van der Waals surface area contributed by atoms with Gasteiger partial charge in [0.05, 0.1) is 11.3 Å². The molecule has 0 saturated heterocycles. The van der Waals surface area contributed by atoms with E-state index in [-0.39, 0.29) is 5.56 Å². The van der Waals surface area contributed by atoms with E-state index in [4.69, 9.17) is 10.5 Å². The number of nitrogens with zero attached hydrogens (tertiary/aromatic N) is 2. The molecule has 0 fully saturated rings. The molecule has 0 atom stereocenters. The minimum Gasteiger partial charge on any atom is -0.379 e. The first-order valence-corrected chi connectivity index (χ1v) is 6.02. The van der Waals surface area contributed by atoms with Crippen LogP contribution >= 0.6 is 11.3 Å². The van der Waals surface area contributed by atoms with Crippen molar-refractivity contribution in [1.82, 2.24) is 0 Å². The van der Waals surface area contributed by atoms with Crippen LogP contribution in [0.15, 0.2) is 29.6 Å². The number of benzene rings is 1. The molecule has 0 aliphatic carbocycles. The fourth-order valence-corrected chi connectivity index (χ4v) is 2.25. The molecular formula is C13H8FN3S. The summed E-state index contributed by atoms with van der Waals surface area (Å²) in [4.78, 5) is 0.958. The van der Waals surface area contributed by atoms with E-state index in [0.29, 0.717) is 17.8 Å². The Morgan fingerprint density at radius 1 is 1.28 bits per heavy atom. The highest BCUT2D eigenvalue weighted by molar-refractivity contribution is 7.10. The Bertz CT molecular complexity index is 649. The van der Waals surface area contributed by atoms with Gasteiger partial charge in [-0.15, -0.1) is 11.3 Å². The third kappa shape index (κ3) is 2.48. The van der Waals surface area contributed by atoms with Crippen molar-refractivity contribution in [3.05, 3.63) is 51.5 Å². The Labute approximate surface area is 108 Å². The van der Waals surface area contributed by atoms with Gasteiger partial charge in [0.25, 0.3) is 0 Å². The standard InChI is InChI=1S/C13H8FN3S/c14-12-2-1-3-13(11(12)6-16)17-7-10-4-9(5-15)8-18-10/h1-4,8,17H,7H2. The fourth-order valence-electron chi connectivity index (χ4n) is 1.50. The van der Waals surface area contributed by atoms with Crippen LogP contribution < -0.4 is 5.32 Å². The number of rotatable bonds is 3. The summed E-state index contributed by atoms with van der Waals surface area (Å²) < 4.78 is 13.3. The lowest BCUT2D eigenvalue weighted by Gasteiger charge is -2.06. The summed E-state index contributed by atoms with van der Waals surface area (Å²) in [6, 6.07) is 10.1. The highest BCUT2D eigenvalue weighted by Crippen LogP contribution is 2.20. The Hall–Kier alpha value is -2.37. The van der Waals surface area contributed by atoms with Crippen LogP contribution in [0.3, 0.4) is 0 Å². The predicted octanol–water partition coefficient (Wildman–Crippen LogP) is 3.24. The van der Waals surface area contributed by atoms with E-state index < -0.39 is 5.82 Å². The molecule has 0 aliphatic heterocycles. The minimum atomic E-state index is -0.536. The van der Waals surface area contributed by atoms with Gasteiger partial charge in [-0.25, -0.2) is 4.39 Å². The van der Waals surface area contributed by atoms with Crippen molar-refractivity contribution in [2.24, 2.45) is 0 Å². The lowest BCUT2D eigenvalue weighted by molar-refractivity contribution is 0.624. The Morgan fingerprint density at radius 3 is 2.78 bits per heavy atom. The molecule has 1 N–H and O–H groups in total. The van der Waals surface area contributed by atoms with Crippen LogP contribution in [0.1, 0.15) is 16.0 Å². The Balaban J connectivity index is 2.14. The highest BCUT2D eigenvalue weighted by Gasteiger charge is 2.07. The zero-order chi connectivity index (χ0) is 13.0. The molecule has 88 valence electrons. The van der Waals surface area contributed by atoms with Crippen molar-refractivity contribution < 1.29 is 4.39 Å². The summed E-state index contributed by atoms with van der Waals surface area (Å²) in [6.07, 6.45) is 0. The molecule has 1 heterocycles. The molecule has 0 amide bonds. The maximum atomic E-state index is 13.3. The second kappa shape index (κ2) is 5.31. The van der Waals surface area contributed by atoms with Gasteiger partial charge in [0, 0.05) is 16.8 Å². The van der Waals surface area contributed by atoms with Crippen LogP contribution in [-0.2, 0) is 6.54 Å². The van der Waals surface area contributed by atoms with E-state index in [1.165, 1.54) is 17.4 Å². The zero-order valence-electron chi connectivity index (χ0n) is 9.27. The van der Waals surface area contributed by atoms with Crippen molar-refractivity contribution in [3.8, 4) is 12.1 Å². The van der Waals surface area contributed by atoms with Gasteiger partial charge in [-0.2, -0.15) is 10.5 Å². The normalized spacial score (nSPS) is 9.50. The molecule has 18 heavy (non-hydrogen) atoms. The monoisotopic (exact) mass is 257 g/mol. The molecule has 1 aromatic carbocycles. The van der Waals surface area contributed by atoms with Crippen molar-refractivity contribution in [2.45, 2.75) is 6.54 Å². The maximum Gasteiger partial charge on any atom is 0.143 e. The van der Waals surface area contributed by atoms with Gasteiger partial charge in [0.1, 0.15) is 23.5 Å². The largest absolute Gasteiger partial charge is 0.379 e. The van der Waals surface area contributed by atoms with Crippen LogP contribution in [0.5, 0.6) is 0 Å². The number of thiophene rings is 1. The second-order valence-corrected chi connectivity index (χ2v) is 4.54. The molecule has 0 spiro atoms. The molecule has 2 aromatic rings. The predicted molar refractivity (Wildman–Crippen MR) is 67.5 cm³/mol. The molecule has 0 unspecified atom stereocenters. The maximum absolute atomic E-state index is 13.3. The van der Waals surface area contributed by atoms with E-state index in [9.17, 15) is 4.39 Å². The van der Waals surface area contributed by atoms with E-state index in [1.54, 1.807) is 23.6 Å². The number of anilines is 1. The van der Waals surface area contributed by atoms with Crippen LogP contribution in [-0.4, -0.2) is 0 Å². The summed E-state index contributed by atoms with van der Waals surface area (Å²) in [7, 11) is 0. The molecular weight excluding hydrogens is 249 g/mol. The summed E-state index contributed by atoms with van der Waals surface area (Å²) in [6.45, 7) is 0.463. The summed E-state index contributed by atoms with van der Waals surface area (Å²) >= 11 is 1.45. The van der Waals surface area contributed by atoms with Gasteiger partial charge in [-0.1, -0.05) is 6.07 Å². The van der Waals surface area contributed by atoms with Crippen LogP contribution in [0.25, 0.3) is 0 Å². The first-order valence-electron chi connectivity index (χ1n) is 5.14.